The molecule has 0 unspecified atom stereocenters. The Morgan fingerprint density at radius 1 is 1.10 bits per heavy atom. The molecule has 0 fully saturated rings. The Morgan fingerprint density at radius 2 is 1.75 bits per heavy atom. The van der Waals surface area contributed by atoms with Crippen LogP contribution in [0, 0.1) is 0 Å². The molecule has 0 atom stereocenters. The summed E-state index contributed by atoms with van der Waals surface area (Å²) in [4.78, 5) is 13.4. The van der Waals surface area contributed by atoms with Crippen molar-refractivity contribution in [3.05, 3.63) is 58.6 Å². The SMILES string of the molecule is CC(C)Sc1ccccc1C(=O)Nc1ccccc1Br. The molecule has 1 N–H and O–H groups in total. The molecule has 1 amide bonds. The Kier molecular flexibility index (Phi) is 5.26. The summed E-state index contributed by atoms with van der Waals surface area (Å²) < 4.78 is 0.877. The normalized spacial score (nSPS) is 10.6. The number of para-hydroxylation sites is 1. The average Bonchev–Trinajstić information content (AvgIpc) is 2.41. The molecule has 0 aliphatic heterocycles. The van der Waals surface area contributed by atoms with Crippen LogP contribution in [-0.4, -0.2) is 11.2 Å². The molecular formula is C16H16BrNOS. The quantitative estimate of drug-likeness (QED) is 0.768. The number of nitrogens with one attached hydrogen (secondary N) is 1. The molecule has 0 saturated heterocycles. The molecule has 0 radical (unpaired) electrons. The standard InChI is InChI=1S/C16H16BrNOS/c1-11(2)20-15-10-6-3-7-12(15)16(19)18-14-9-5-4-8-13(14)17/h3-11H,1-2H3,(H,18,19). The minimum absolute atomic E-state index is 0.0827. The van der Waals surface area contributed by atoms with Crippen LogP contribution in [0.4, 0.5) is 5.69 Å². The number of carbonyl (C=O) groups is 1. The predicted molar refractivity (Wildman–Crippen MR) is 89.5 cm³/mol. The van der Waals surface area contributed by atoms with Gasteiger partial charge in [0, 0.05) is 14.6 Å². The van der Waals surface area contributed by atoms with Crippen LogP contribution in [-0.2, 0) is 0 Å². The second-order valence-corrected chi connectivity index (χ2v) is 7.07. The molecule has 0 heterocycles. The number of benzene rings is 2. The number of amides is 1. The smallest absolute Gasteiger partial charge is 0.256 e. The zero-order chi connectivity index (χ0) is 14.5. The van der Waals surface area contributed by atoms with Crippen LogP contribution in [0.3, 0.4) is 0 Å². The number of hydrogen-bond acceptors (Lipinski definition) is 2. The summed E-state index contributed by atoms with van der Waals surface area (Å²) in [5.41, 5.74) is 1.49. The molecule has 0 aliphatic rings. The van der Waals surface area contributed by atoms with Crippen molar-refractivity contribution in [1.82, 2.24) is 0 Å². The van der Waals surface area contributed by atoms with E-state index in [0.717, 1.165) is 15.1 Å². The van der Waals surface area contributed by atoms with Gasteiger partial charge in [0.15, 0.2) is 0 Å². The Bertz CT molecular complexity index is 613. The third-order valence-electron chi connectivity index (χ3n) is 2.62. The van der Waals surface area contributed by atoms with Gasteiger partial charge in [-0.25, -0.2) is 0 Å². The first kappa shape index (κ1) is 15.1. The second kappa shape index (κ2) is 6.95. The zero-order valence-corrected chi connectivity index (χ0v) is 13.8. The maximum absolute atomic E-state index is 12.4. The first-order valence-electron chi connectivity index (χ1n) is 6.39. The third kappa shape index (κ3) is 3.87. The van der Waals surface area contributed by atoms with Crippen molar-refractivity contribution < 1.29 is 4.79 Å². The van der Waals surface area contributed by atoms with Crippen molar-refractivity contribution in [3.8, 4) is 0 Å². The van der Waals surface area contributed by atoms with E-state index in [-0.39, 0.29) is 5.91 Å². The van der Waals surface area contributed by atoms with Crippen molar-refractivity contribution in [1.29, 1.82) is 0 Å². The van der Waals surface area contributed by atoms with Gasteiger partial charge in [0.05, 0.1) is 11.3 Å². The molecule has 0 spiro atoms. The average molecular weight is 350 g/mol. The van der Waals surface area contributed by atoms with Crippen molar-refractivity contribution in [3.63, 3.8) is 0 Å². The van der Waals surface area contributed by atoms with E-state index < -0.39 is 0 Å². The van der Waals surface area contributed by atoms with Crippen LogP contribution < -0.4 is 5.32 Å². The molecular weight excluding hydrogens is 334 g/mol. The summed E-state index contributed by atoms with van der Waals surface area (Å²) in [6.07, 6.45) is 0. The van der Waals surface area contributed by atoms with Gasteiger partial charge < -0.3 is 5.32 Å². The number of anilines is 1. The summed E-state index contributed by atoms with van der Waals surface area (Å²) in [6.45, 7) is 4.24. The largest absolute Gasteiger partial charge is 0.321 e. The molecule has 104 valence electrons. The highest BCUT2D eigenvalue weighted by Crippen LogP contribution is 2.28. The first-order valence-corrected chi connectivity index (χ1v) is 8.06. The molecule has 2 rings (SSSR count). The third-order valence-corrected chi connectivity index (χ3v) is 4.39. The second-order valence-electron chi connectivity index (χ2n) is 4.60. The highest BCUT2D eigenvalue weighted by Gasteiger charge is 2.13. The number of carbonyl (C=O) groups excluding carboxylic acids is 1. The van der Waals surface area contributed by atoms with E-state index in [9.17, 15) is 4.79 Å². The van der Waals surface area contributed by atoms with E-state index >= 15 is 0 Å². The van der Waals surface area contributed by atoms with E-state index in [1.54, 1.807) is 11.8 Å². The number of rotatable bonds is 4. The lowest BCUT2D eigenvalue weighted by atomic mass is 10.2. The van der Waals surface area contributed by atoms with Gasteiger partial charge in [-0.2, -0.15) is 0 Å². The summed E-state index contributed by atoms with van der Waals surface area (Å²) in [6, 6.07) is 15.3. The topological polar surface area (TPSA) is 29.1 Å². The van der Waals surface area contributed by atoms with E-state index in [2.05, 4.69) is 35.1 Å². The summed E-state index contributed by atoms with van der Waals surface area (Å²) in [5, 5.41) is 3.38. The number of thioether (sulfide) groups is 1. The molecule has 0 bridgehead atoms. The van der Waals surface area contributed by atoms with Crippen molar-refractivity contribution in [2.75, 3.05) is 5.32 Å². The lowest BCUT2D eigenvalue weighted by Gasteiger charge is -2.12. The highest BCUT2D eigenvalue weighted by atomic mass is 79.9. The highest BCUT2D eigenvalue weighted by molar-refractivity contribution is 9.10. The van der Waals surface area contributed by atoms with Crippen molar-refractivity contribution in [2.45, 2.75) is 24.0 Å². The van der Waals surface area contributed by atoms with Gasteiger partial charge in [0.1, 0.15) is 0 Å². The molecule has 0 saturated carbocycles. The van der Waals surface area contributed by atoms with Crippen LogP contribution in [0.5, 0.6) is 0 Å². The Labute approximate surface area is 132 Å². The van der Waals surface area contributed by atoms with Crippen LogP contribution in [0.2, 0.25) is 0 Å². The molecule has 0 aliphatic carbocycles. The minimum atomic E-state index is -0.0827. The van der Waals surface area contributed by atoms with E-state index in [1.807, 2.05) is 48.5 Å². The summed E-state index contributed by atoms with van der Waals surface area (Å²) in [5.74, 6) is -0.0827. The summed E-state index contributed by atoms with van der Waals surface area (Å²) >= 11 is 5.13. The van der Waals surface area contributed by atoms with Gasteiger partial charge in [-0.3, -0.25) is 4.79 Å². The molecule has 2 aromatic rings. The fourth-order valence-corrected chi connectivity index (χ4v) is 3.10. The van der Waals surface area contributed by atoms with Crippen LogP contribution in [0.25, 0.3) is 0 Å². The molecule has 2 aromatic carbocycles. The monoisotopic (exact) mass is 349 g/mol. The number of halogens is 1. The van der Waals surface area contributed by atoms with Crippen LogP contribution in [0.1, 0.15) is 24.2 Å². The van der Waals surface area contributed by atoms with E-state index in [0.29, 0.717) is 10.8 Å². The van der Waals surface area contributed by atoms with Gasteiger partial charge >= 0.3 is 0 Å². The Morgan fingerprint density at radius 3 is 2.45 bits per heavy atom. The first-order chi connectivity index (χ1) is 9.58. The maximum atomic E-state index is 12.4. The van der Waals surface area contributed by atoms with E-state index in [4.69, 9.17) is 0 Å². The van der Waals surface area contributed by atoms with Gasteiger partial charge in [0.2, 0.25) is 0 Å². The van der Waals surface area contributed by atoms with Crippen molar-refractivity contribution >= 4 is 39.3 Å². The lowest BCUT2D eigenvalue weighted by molar-refractivity contribution is 0.102. The fourth-order valence-electron chi connectivity index (χ4n) is 1.76. The van der Waals surface area contributed by atoms with Crippen molar-refractivity contribution in [2.24, 2.45) is 0 Å². The van der Waals surface area contributed by atoms with Gasteiger partial charge in [-0.15, -0.1) is 11.8 Å². The minimum Gasteiger partial charge on any atom is -0.321 e. The lowest BCUT2D eigenvalue weighted by Crippen LogP contribution is -2.13. The van der Waals surface area contributed by atoms with Gasteiger partial charge in [-0.1, -0.05) is 38.1 Å². The Hall–Kier alpha value is -1.26. The molecule has 0 aromatic heterocycles. The number of hydrogen-bond donors (Lipinski definition) is 1. The van der Waals surface area contributed by atoms with Crippen LogP contribution >= 0.6 is 27.7 Å². The maximum Gasteiger partial charge on any atom is 0.256 e. The molecule has 4 heteroatoms. The summed E-state index contributed by atoms with van der Waals surface area (Å²) in [7, 11) is 0. The predicted octanol–water partition coefficient (Wildman–Crippen LogP) is 5.20. The van der Waals surface area contributed by atoms with Crippen LogP contribution in [0.15, 0.2) is 57.9 Å². The van der Waals surface area contributed by atoms with E-state index in [1.165, 1.54) is 0 Å². The molecule has 2 nitrogen and oxygen atoms in total. The van der Waals surface area contributed by atoms with Gasteiger partial charge in [0.25, 0.3) is 5.91 Å². The fraction of sp³-hybridized carbons (Fsp3) is 0.188. The molecule has 20 heavy (non-hydrogen) atoms. The van der Waals surface area contributed by atoms with Gasteiger partial charge in [-0.05, 0) is 40.2 Å². The Balaban J connectivity index is 2.23. The zero-order valence-electron chi connectivity index (χ0n) is 11.4.